The number of Topliss-reactive ketones (excluding diaryl/α,β-unsaturated/α-hetero) is 1. The number of hydrogen-bond acceptors (Lipinski definition) is 6. The molecule has 0 spiro atoms. The minimum Gasteiger partial charge on any atom is -0.507 e. The highest BCUT2D eigenvalue weighted by Crippen LogP contribution is 2.40. The summed E-state index contributed by atoms with van der Waals surface area (Å²) < 4.78 is 10.6. The van der Waals surface area contributed by atoms with Crippen molar-refractivity contribution in [3.63, 3.8) is 0 Å². The van der Waals surface area contributed by atoms with E-state index in [0.717, 1.165) is 30.8 Å². The van der Waals surface area contributed by atoms with E-state index < -0.39 is 17.7 Å². The highest BCUT2D eigenvalue weighted by atomic mass is 35.5. The molecular weight excluding hydrogens is 456 g/mol. The molecule has 7 nitrogen and oxygen atoms in total. The van der Waals surface area contributed by atoms with E-state index in [1.165, 1.54) is 13.2 Å². The highest BCUT2D eigenvalue weighted by Gasteiger charge is 2.45. The van der Waals surface area contributed by atoms with E-state index in [4.69, 9.17) is 21.1 Å². The molecule has 2 aliphatic heterocycles. The van der Waals surface area contributed by atoms with E-state index in [1.807, 2.05) is 31.2 Å². The van der Waals surface area contributed by atoms with Crippen LogP contribution >= 0.6 is 11.6 Å². The van der Waals surface area contributed by atoms with Crippen molar-refractivity contribution >= 4 is 29.1 Å². The molecule has 0 unspecified atom stereocenters. The Hall–Kier alpha value is -2.87. The molecule has 1 amide bonds. The fraction of sp³-hybridized carbons (Fsp3) is 0.385. The first-order valence-corrected chi connectivity index (χ1v) is 11.8. The molecule has 8 heteroatoms. The van der Waals surface area contributed by atoms with Crippen molar-refractivity contribution in [3.8, 4) is 5.75 Å². The van der Waals surface area contributed by atoms with Crippen LogP contribution in [0.25, 0.3) is 5.76 Å². The number of likely N-dealkylation sites (tertiary alicyclic amines) is 1. The van der Waals surface area contributed by atoms with Gasteiger partial charge in [-0.25, -0.2) is 0 Å². The molecule has 2 aliphatic rings. The van der Waals surface area contributed by atoms with Gasteiger partial charge in [0.1, 0.15) is 11.5 Å². The van der Waals surface area contributed by atoms with Gasteiger partial charge in [-0.15, -0.1) is 0 Å². The summed E-state index contributed by atoms with van der Waals surface area (Å²) >= 11 is 6.25. The SMILES string of the molecule is COc1ccc(C(O)=C2C(=O)C(=O)N(CCCN3CCOCC3)[C@@H]2c2ccc(C)cc2)cc1Cl. The smallest absolute Gasteiger partial charge is 0.295 e. The summed E-state index contributed by atoms with van der Waals surface area (Å²) in [6.45, 7) is 6.32. The molecule has 0 aromatic heterocycles. The largest absolute Gasteiger partial charge is 0.507 e. The first-order chi connectivity index (χ1) is 16.4. The zero-order chi connectivity index (χ0) is 24.2. The zero-order valence-electron chi connectivity index (χ0n) is 19.4. The predicted octanol–water partition coefficient (Wildman–Crippen LogP) is 3.80. The average molecular weight is 485 g/mol. The predicted molar refractivity (Wildman–Crippen MR) is 130 cm³/mol. The van der Waals surface area contributed by atoms with Gasteiger partial charge in [0.15, 0.2) is 0 Å². The molecule has 34 heavy (non-hydrogen) atoms. The molecule has 1 atom stereocenters. The number of nitrogens with zero attached hydrogens (tertiary/aromatic N) is 2. The molecule has 180 valence electrons. The van der Waals surface area contributed by atoms with Gasteiger partial charge in [0.2, 0.25) is 0 Å². The summed E-state index contributed by atoms with van der Waals surface area (Å²) in [5, 5.41) is 11.5. The third-order valence-electron chi connectivity index (χ3n) is 6.34. The highest BCUT2D eigenvalue weighted by molar-refractivity contribution is 6.46. The number of morpholine rings is 1. The lowest BCUT2D eigenvalue weighted by molar-refractivity contribution is -0.140. The first kappa shape index (κ1) is 24.3. The molecule has 4 rings (SSSR count). The topological polar surface area (TPSA) is 79.3 Å². The van der Waals surface area contributed by atoms with Gasteiger partial charge in [0.25, 0.3) is 11.7 Å². The number of carbonyl (C=O) groups excluding carboxylic acids is 2. The normalized spacial score (nSPS) is 20.7. The average Bonchev–Trinajstić information content (AvgIpc) is 3.09. The Labute approximate surface area is 204 Å². The number of halogens is 1. The number of hydrogen-bond donors (Lipinski definition) is 1. The van der Waals surface area contributed by atoms with E-state index in [0.29, 0.717) is 42.5 Å². The number of carbonyl (C=O) groups is 2. The number of ketones is 1. The number of methoxy groups -OCH3 is 1. The number of aliphatic hydroxyl groups is 1. The number of rotatable bonds is 7. The molecule has 0 bridgehead atoms. The van der Waals surface area contributed by atoms with Gasteiger partial charge in [0, 0.05) is 31.7 Å². The maximum atomic E-state index is 13.2. The molecular formula is C26H29ClN2O5. The first-order valence-electron chi connectivity index (χ1n) is 11.4. The van der Waals surface area contributed by atoms with Gasteiger partial charge in [0.05, 0.1) is 37.0 Å². The van der Waals surface area contributed by atoms with E-state index in [2.05, 4.69) is 4.90 Å². The second-order valence-electron chi connectivity index (χ2n) is 8.56. The Bertz CT molecular complexity index is 1090. The number of amides is 1. The van der Waals surface area contributed by atoms with Gasteiger partial charge < -0.3 is 19.5 Å². The fourth-order valence-corrected chi connectivity index (χ4v) is 4.72. The Morgan fingerprint density at radius 1 is 1.12 bits per heavy atom. The van der Waals surface area contributed by atoms with E-state index in [1.54, 1.807) is 17.0 Å². The molecule has 2 aromatic carbocycles. The van der Waals surface area contributed by atoms with Crippen LogP contribution in [0.1, 0.15) is 29.2 Å². The van der Waals surface area contributed by atoms with Crippen LogP contribution in [0.5, 0.6) is 5.75 Å². The van der Waals surface area contributed by atoms with E-state index >= 15 is 0 Å². The van der Waals surface area contributed by atoms with E-state index in [-0.39, 0.29) is 11.3 Å². The summed E-state index contributed by atoms with van der Waals surface area (Å²) in [4.78, 5) is 30.1. The van der Waals surface area contributed by atoms with Crippen molar-refractivity contribution in [1.82, 2.24) is 9.80 Å². The Kier molecular flexibility index (Phi) is 7.56. The second-order valence-corrected chi connectivity index (χ2v) is 8.97. The number of ether oxygens (including phenoxy) is 2. The summed E-state index contributed by atoms with van der Waals surface area (Å²) in [6.07, 6.45) is 0.712. The lowest BCUT2D eigenvalue weighted by atomic mass is 9.94. The maximum absolute atomic E-state index is 13.2. The van der Waals surface area contributed by atoms with Crippen molar-refractivity contribution in [2.45, 2.75) is 19.4 Å². The van der Waals surface area contributed by atoms with Gasteiger partial charge in [-0.05, 0) is 37.1 Å². The van der Waals surface area contributed by atoms with Crippen molar-refractivity contribution < 1.29 is 24.2 Å². The Morgan fingerprint density at radius 3 is 2.47 bits per heavy atom. The van der Waals surface area contributed by atoms with Crippen LogP contribution in [-0.2, 0) is 14.3 Å². The van der Waals surface area contributed by atoms with Crippen LogP contribution < -0.4 is 4.74 Å². The van der Waals surface area contributed by atoms with Crippen LogP contribution in [0.2, 0.25) is 5.02 Å². The summed E-state index contributed by atoms with van der Waals surface area (Å²) in [5.41, 5.74) is 2.27. The van der Waals surface area contributed by atoms with Gasteiger partial charge in [-0.2, -0.15) is 0 Å². The fourth-order valence-electron chi connectivity index (χ4n) is 4.46. The van der Waals surface area contributed by atoms with E-state index in [9.17, 15) is 14.7 Å². The minimum absolute atomic E-state index is 0.0708. The van der Waals surface area contributed by atoms with Crippen LogP contribution in [0, 0.1) is 6.92 Å². The zero-order valence-corrected chi connectivity index (χ0v) is 20.2. The van der Waals surface area contributed by atoms with Crippen molar-refractivity contribution in [1.29, 1.82) is 0 Å². The van der Waals surface area contributed by atoms with Gasteiger partial charge >= 0.3 is 0 Å². The maximum Gasteiger partial charge on any atom is 0.295 e. The summed E-state index contributed by atoms with van der Waals surface area (Å²) in [7, 11) is 1.50. The van der Waals surface area contributed by atoms with Crippen molar-refractivity contribution in [3.05, 3.63) is 69.8 Å². The lowest BCUT2D eigenvalue weighted by Crippen LogP contribution is -2.38. The Morgan fingerprint density at radius 2 is 1.82 bits per heavy atom. The Balaban J connectivity index is 1.68. The molecule has 2 saturated heterocycles. The van der Waals surface area contributed by atoms with Crippen LogP contribution in [0.15, 0.2) is 48.0 Å². The minimum atomic E-state index is -0.693. The molecule has 2 fully saturated rings. The number of aryl methyl sites for hydroxylation is 1. The molecule has 2 heterocycles. The number of aliphatic hydroxyl groups excluding tert-OH is 1. The quantitative estimate of drug-likeness (QED) is 0.366. The lowest BCUT2D eigenvalue weighted by Gasteiger charge is -2.29. The third-order valence-corrected chi connectivity index (χ3v) is 6.63. The monoisotopic (exact) mass is 484 g/mol. The van der Waals surface area contributed by atoms with Crippen LogP contribution in [0.4, 0.5) is 0 Å². The van der Waals surface area contributed by atoms with Crippen molar-refractivity contribution in [2.24, 2.45) is 0 Å². The summed E-state index contributed by atoms with van der Waals surface area (Å²) in [6, 6.07) is 11.8. The van der Waals surface area contributed by atoms with Crippen molar-refractivity contribution in [2.75, 3.05) is 46.5 Å². The second kappa shape index (κ2) is 10.6. The van der Waals surface area contributed by atoms with Gasteiger partial charge in [-0.1, -0.05) is 41.4 Å². The number of benzene rings is 2. The molecule has 1 N–H and O–H groups in total. The van der Waals surface area contributed by atoms with Crippen LogP contribution in [0.3, 0.4) is 0 Å². The van der Waals surface area contributed by atoms with Gasteiger partial charge in [-0.3, -0.25) is 14.5 Å². The molecule has 0 aliphatic carbocycles. The van der Waals surface area contributed by atoms with Crippen LogP contribution in [-0.4, -0.2) is 73.1 Å². The standard InChI is InChI=1S/C26H29ClN2O5/c1-17-4-6-18(7-5-17)23-22(24(30)19-8-9-21(33-2)20(27)16-19)25(31)26(32)29(23)11-3-10-28-12-14-34-15-13-28/h4-9,16,23,30H,3,10-15H2,1-2H3/t23-/m1/s1. The molecule has 0 radical (unpaired) electrons. The molecule has 2 aromatic rings. The third kappa shape index (κ3) is 4.97. The summed E-state index contributed by atoms with van der Waals surface area (Å²) in [5.74, 6) is -1.09. The molecule has 0 saturated carbocycles.